The molecule has 0 aliphatic heterocycles. The Hall–Kier alpha value is -3.06. The lowest BCUT2D eigenvalue weighted by atomic mass is 10.2. The molecule has 7 heteroatoms. The summed E-state index contributed by atoms with van der Waals surface area (Å²) in [6.07, 6.45) is 4.49. The Morgan fingerprint density at radius 2 is 2.00 bits per heavy atom. The number of nitrogens with one attached hydrogen (secondary N) is 1. The zero-order valence-electron chi connectivity index (χ0n) is 13.6. The fourth-order valence-electron chi connectivity index (χ4n) is 2.23. The minimum Gasteiger partial charge on any atom is -0.493 e. The molecule has 0 spiro atoms. The minimum atomic E-state index is -0.305. The number of methoxy groups -OCH3 is 2. The largest absolute Gasteiger partial charge is 0.493 e. The summed E-state index contributed by atoms with van der Waals surface area (Å²) < 4.78 is 16.4. The molecule has 2 aromatic heterocycles. The Kier molecular flexibility index (Phi) is 4.85. The summed E-state index contributed by atoms with van der Waals surface area (Å²) in [5, 5.41) is 0. The van der Waals surface area contributed by atoms with Gasteiger partial charge in [-0.1, -0.05) is 6.07 Å². The molecule has 25 heavy (non-hydrogen) atoms. The molecule has 3 rings (SSSR count). The molecular weight excluding hydrogens is 342 g/mol. The van der Waals surface area contributed by atoms with Gasteiger partial charge in [-0.05, 0) is 35.9 Å². The summed E-state index contributed by atoms with van der Waals surface area (Å²) in [5.74, 6) is 1.10. The number of furan rings is 1. The molecule has 0 fully saturated rings. The quantitative estimate of drug-likeness (QED) is 0.701. The predicted octanol–water partition coefficient (Wildman–Crippen LogP) is 1.54. The number of ether oxygens (including phenoxy) is 2. The van der Waals surface area contributed by atoms with Crippen LogP contribution in [-0.2, 0) is 0 Å². The predicted molar refractivity (Wildman–Crippen MR) is 94.8 cm³/mol. The van der Waals surface area contributed by atoms with Crippen LogP contribution >= 0.6 is 11.3 Å². The van der Waals surface area contributed by atoms with Crippen molar-refractivity contribution in [2.45, 2.75) is 0 Å². The van der Waals surface area contributed by atoms with Crippen LogP contribution in [0.5, 0.6) is 11.5 Å². The molecule has 6 nitrogen and oxygen atoms in total. The van der Waals surface area contributed by atoms with Gasteiger partial charge in [0.1, 0.15) is 0 Å². The molecule has 0 aliphatic rings. The van der Waals surface area contributed by atoms with E-state index < -0.39 is 0 Å². The number of aromatic nitrogens is 1. The molecule has 3 aromatic rings. The van der Waals surface area contributed by atoms with Crippen LogP contribution in [0.2, 0.25) is 0 Å². The van der Waals surface area contributed by atoms with Gasteiger partial charge < -0.3 is 18.9 Å². The number of hydrogen-bond donors (Lipinski definition) is 1. The highest BCUT2D eigenvalue weighted by Crippen LogP contribution is 2.27. The van der Waals surface area contributed by atoms with E-state index in [4.69, 9.17) is 13.9 Å². The first-order valence-electron chi connectivity index (χ1n) is 7.33. The van der Waals surface area contributed by atoms with Gasteiger partial charge in [0.15, 0.2) is 17.3 Å². The number of Topliss-reactive ketones (excluding diaryl/α,β-unsaturated/α-hetero) is 1. The van der Waals surface area contributed by atoms with Gasteiger partial charge in [0.05, 0.1) is 29.7 Å². The zero-order chi connectivity index (χ0) is 17.8. The number of ketones is 1. The van der Waals surface area contributed by atoms with Gasteiger partial charge in [0.25, 0.3) is 5.56 Å². The van der Waals surface area contributed by atoms with Crippen LogP contribution in [-0.4, -0.2) is 25.0 Å². The molecule has 1 aromatic carbocycles. The van der Waals surface area contributed by atoms with Crippen LogP contribution in [0, 0.1) is 0 Å². The Balaban J connectivity index is 1.99. The fraction of sp³-hybridized carbons (Fsp3) is 0.111. The second-order valence-corrected chi connectivity index (χ2v) is 6.11. The third-order valence-corrected chi connectivity index (χ3v) is 4.37. The topological polar surface area (TPSA) is 81.5 Å². The van der Waals surface area contributed by atoms with Gasteiger partial charge >= 0.3 is 0 Å². The molecule has 0 aliphatic carbocycles. The first-order chi connectivity index (χ1) is 12.1. The van der Waals surface area contributed by atoms with Crippen LogP contribution in [0.25, 0.3) is 12.2 Å². The Morgan fingerprint density at radius 1 is 1.20 bits per heavy atom. The number of carbonyl (C=O) groups is 1. The molecule has 1 N–H and O–H groups in total. The van der Waals surface area contributed by atoms with Crippen LogP contribution in [0.4, 0.5) is 0 Å². The summed E-state index contributed by atoms with van der Waals surface area (Å²) in [7, 11) is 3.11. The van der Waals surface area contributed by atoms with Crippen LogP contribution < -0.4 is 24.2 Å². The normalized spacial score (nSPS) is 12.4. The summed E-state index contributed by atoms with van der Waals surface area (Å²) in [6.45, 7) is 0. The van der Waals surface area contributed by atoms with E-state index in [0.717, 1.165) is 5.56 Å². The van der Waals surface area contributed by atoms with E-state index in [1.807, 2.05) is 6.07 Å². The van der Waals surface area contributed by atoms with Crippen molar-refractivity contribution in [1.82, 2.24) is 4.98 Å². The molecule has 0 radical (unpaired) electrons. The van der Waals surface area contributed by atoms with Gasteiger partial charge in [0, 0.05) is 6.08 Å². The average molecular weight is 357 g/mol. The van der Waals surface area contributed by atoms with E-state index in [1.54, 1.807) is 44.6 Å². The second-order valence-electron chi connectivity index (χ2n) is 5.03. The van der Waals surface area contributed by atoms with Gasteiger partial charge in [-0.2, -0.15) is 0 Å². The van der Waals surface area contributed by atoms with Gasteiger partial charge in [-0.3, -0.25) is 9.59 Å². The van der Waals surface area contributed by atoms with E-state index >= 15 is 0 Å². The number of thiazole rings is 1. The lowest BCUT2D eigenvalue weighted by Gasteiger charge is -2.07. The number of rotatable bonds is 5. The van der Waals surface area contributed by atoms with E-state index in [2.05, 4.69) is 4.98 Å². The second kappa shape index (κ2) is 7.23. The SMILES string of the molecule is COc1ccc(C=c2sc(=CC(=O)c3ccco3)[nH]c2=O)cc1OC. The van der Waals surface area contributed by atoms with Crippen LogP contribution in [0.15, 0.2) is 45.8 Å². The van der Waals surface area contributed by atoms with Gasteiger partial charge in [0.2, 0.25) is 5.78 Å². The zero-order valence-corrected chi connectivity index (χ0v) is 14.4. The highest BCUT2D eigenvalue weighted by atomic mass is 32.1. The summed E-state index contributed by atoms with van der Waals surface area (Å²) in [4.78, 5) is 26.8. The van der Waals surface area contributed by atoms with Crippen molar-refractivity contribution in [3.63, 3.8) is 0 Å². The number of hydrogen-bond acceptors (Lipinski definition) is 6. The third-order valence-electron chi connectivity index (χ3n) is 3.41. The molecule has 2 heterocycles. The smallest absolute Gasteiger partial charge is 0.266 e. The highest BCUT2D eigenvalue weighted by Gasteiger charge is 2.06. The Labute approximate surface area is 146 Å². The van der Waals surface area contributed by atoms with E-state index in [0.29, 0.717) is 20.7 Å². The third kappa shape index (κ3) is 3.72. The standard InChI is InChI=1S/C18H15NO5S/c1-22-14-6-5-11(8-15(14)23-2)9-16-18(21)19-17(25-16)10-12(20)13-4-3-7-24-13/h3-10H,1-2H3,(H,19,21). The van der Waals surface area contributed by atoms with Crippen LogP contribution in [0.1, 0.15) is 16.1 Å². The molecule has 0 atom stereocenters. The molecular formula is C18H15NO5S. The van der Waals surface area contributed by atoms with Gasteiger partial charge in [-0.15, -0.1) is 11.3 Å². The molecule has 0 saturated carbocycles. The number of benzene rings is 1. The van der Waals surface area contributed by atoms with Crippen molar-refractivity contribution in [1.29, 1.82) is 0 Å². The minimum absolute atomic E-state index is 0.222. The Bertz CT molecular complexity index is 1060. The maximum atomic E-state index is 12.1. The first kappa shape index (κ1) is 16.8. The maximum absolute atomic E-state index is 12.1. The summed E-state index contributed by atoms with van der Waals surface area (Å²) in [6, 6.07) is 8.56. The highest BCUT2D eigenvalue weighted by molar-refractivity contribution is 7.07. The van der Waals surface area contributed by atoms with Crippen LogP contribution in [0.3, 0.4) is 0 Å². The first-order valence-corrected chi connectivity index (χ1v) is 8.15. The van der Waals surface area contributed by atoms with Crippen molar-refractivity contribution in [2.75, 3.05) is 14.2 Å². The van der Waals surface area contributed by atoms with E-state index in [-0.39, 0.29) is 17.1 Å². The number of H-pyrrole nitrogens is 1. The van der Waals surface area contributed by atoms with Crippen molar-refractivity contribution in [2.24, 2.45) is 0 Å². The van der Waals surface area contributed by atoms with Crippen molar-refractivity contribution in [3.05, 3.63) is 67.5 Å². The Morgan fingerprint density at radius 3 is 2.68 bits per heavy atom. The number of carbonyl (C=O) groups excluding carboxylic acids is 1. The summed E-state index contributed by atoms with van der Waals surface area (Å²) >= 11 is 1.19. The van der Waals surface area contributed by atoms with Crippen molar-refractivity contribution < 1.29 is 18.7 Å². The van der Waals surface area contributed by atoms with E-state index in [1.165, 1.54) is 23.7 Å². The van der Waals surface area contributed by atoms with E-state index in [9.17, 15) is 9.59 Å². The molecule has 0 bridgehead atoms. The lowest BCUT2D eigenvalue weighted by Crippen LogP contribution is -2.20. The lowest BCUT2D eigenvalue weighted by molar-refractivity contribution is 0.103. The average Bonchev–Trinajstić information content (AvgIpc) is 3.25. The summed E-state index contributed by atoms with van der Waals surface area (Å²) in [5.41, 5.74) is 0.521. The maximum Gasteiger partial charge on any atom is 0.266 e. The fourth-order valence-corrected chi connectivity index (χ4v) is 3.11. The molecule has 0 amide bonds. The molecule has 0 saturated heterocycles. The van der Waals surface area contributed by atoms with Crippen molar-refractivity contribution in [3.8, 4) is 11.5 Å². The number of aromatic amines is 1. The van der Waals surface area contributed by atoms with Gasteiger partial charge in [-0.25, -0.2) is 0 Å². The van der Waals surface area contributed by atoms with Crippen molar-refractivity contribution >= 4 is 29.3 Å². The molecule has 0 unspecified atom stereocenters. The monoisotopic (exact) mass is 357 g/mol. The molecule has 128 valence electrons.